The van der Waals surface area contributed by atoms with Gasteiger partial charge in [-0.05, 0) is 30.7 Å². The summed E-state index contributed by atoms with van der Waals surface area (Å²) in [6.07, 6.45) is 3.85. The first-order valence-corrected chi connectivity index (χ1v) is 7.55. The summed E-state index contributed by atoms with van der Waals surface area (Å²) in [6, 6.07) is 6.68. The van der Waals surface area contributed by atoms with Crippen LogP contribution in [0.25, 0.3) is 0 Å². The molecule has 4 nitrogen and oxygen atoms in total. The van der Waals surface area contributed by atoms with E-state index in [4.69, 9.17) is 5.73 Å². The minimum Gasteiger partial charge on any atom is -0.399 e. The zero-order valence-electron chi connectivity index (χ0n) is 10.1. The van der Waals surface area contributed by atoms with Crippen molar-refractivity contribution in [2.75, 3.05) is 16.2 Å². The van der Waals surface area contributed by atoms with Crippen LogP contribution in [0.5, 0.6) is 0 Å². The second kappa shape index (κ2) is 6.49. The molecule has 0 spiro atoms. The van der Waals surface area contributed by atoms with E-state index in [1.165, 1.54) is 0 Å². The molecule has 0 aromatic heterocycles. The monoisotopic (exact) mass is 256 g/mol. The minimum atomic E-state index is -3.22. The van der Waals surface area contributed by atoms with Crippen LogP contribution < -0.4 is 10.5 Å². The number of nitrogens with two attached hydrogens (primary N) is 1. The maximum atomic E-state index is 11.7. The van der Waals surface area contributed by atoms with Crippen molar-refractivity contribution in [2.24, 2.45) is 0 Å². The molecule has 1 rings (SSSR count). The van der Waals surface area contributed by atoms with E-state index in [0.717, 1.165) is 19.3 Å². The summed E-state index contributed by atoms with van der Waals surface area (Å²) in [4.78, 5) is 0. The Morgan fingerprint density at radius 3 is 2.35 bits per heavy atom. The maximum Gasteiger partial charge on any atom is 0.232 e. The number of nitrogen functional groups attached to an aromatic ring is 1. The average Bonchev–Trinajstić information content (AvgIpc) is 2.27. The predicted octanol–water partition coefficient (Wildman–Crippen LogP) is 2.59. The summed E-state index contributed by atoms with van der Waals surface area (Å²) in [5.41, 5.74) is 6.71. The summed E-state index contributed by atoms with van der Waals surface area (Å²) in [6.45, 7) is 2.10. The van der Waals surface area contributed by atoms with Crippen LogP contribution in [0.2, 0.25) is 0 Å². The number of benzene rings is 1. The number of unbranched alkanes of at least 4 members (excludes halogenated alkanes) is 3. The van der Waals surface area contributed by atoms with Gasteiger partial charge in [0.15, 0.2) is 0 Å². The van der Waals surface area contributed by atoms with Crippen LogP contribution in [0.3, 0.4) is 0 Å². The smallest absolute Gasteiger partial charge is 0.232 e. The van der Waals surface area contributed by atoms with Gasteiger partial charge in [0.05, 0.1) is 5.75 Å². The van der Waals surface area contributed by atoms with Crippen LogP contribution in [-0.2, 0) is 10.0 Å². The Hall–Kier alpha value is -1.23. The molecule has 0 aliphatic rings. The van der Waals surface area contributed by atoms with Gasteiger partial charge in [-0.2, -0.15) is 0 Å². The van der Waals surface area contributed by atoms with Crippen molar-refractivity contribution in [2.45, 2.75) is 32.6 Å². The Balaban J connectivity index is 2.46. The fourth-order valence-electron chi connectivity index (χ4n) is 1.50. The van der Waals surface area contributed by atoms with Gasteiger partial charge in [0.25, 0.3) is 0 Å². The van der Waals surface area contributed by atoms with Gasteiger partial charge in [0, 0.05) is 11.4 Å². The molecule has 0 radical (unpaired) electrons. The molecule has 5 heteroatoms. The van der Waals surface area contributed by atoms with Crippen molar-refractivity contribution in [3.8, 4) is 0 Å². The molecule has 1 aromatic carbocycles. The third-order valence-corrected chi connectivity index (χ3v) is 3.82. The molecule has 0 atom stereocenters. The SMILES string of the molecule is CCCCCCS(=O)(=O)Nc1ccc(N)cc1. The minimum absolute atomic E-state index is 0.178. The second-order valence-corrected chi connectivity index (χ2v) is 5.95. The Bertz CT molecular complexity index is 426. The Kier molecular flexibility index (Phi) is 5.28. The van der Waals surface area contributed by atoms with Gasteiger partial charge in [0.1, 0.15) is 0 Å². The van der Waals surface area contributed by atoms with Gasteiger partial charge in [0.2, 0.25) is 10.0 Å². The summed E-state index contributed by atoms with van der Waals surface area (Å²) < 4.78 is 26.0. The molecule has 0 fully saturated rings. The Morgan fingerprint density at radius 1 is 1.12 bits per heavy atom. The summed E-state index contributed by atoms with van der Waals surface area (Å²) >= 11 is 0. The van der Waals surface area contributed by atoms with Crippen LogP contribution in [0.15, 0.2) is 24.3 Å². The molecule has 17 heavy (non-hydrogen) atoms. The van der Waals surface area contributed by atoms with E-state index in [1.54, 1.807) is 24.3 Å². The molecule has 0 saturated carbocycles. The predicted molar refractivity (Wildman–Crippen MR) is 72.4 cm³/mol. The fourth-order valence-corrected chi connectivity index (χ4v) is 2.68. The van der Waals surface area contributed by atoms with Gasteiger partial charge in [-0.1, -0.05) is 26.2 Å². The van der Waals surface area contributed by atoms with Crippen molar-refractivity contribution in [3.05, 3.63) is 24.3 Å². The lowest BCUT2D eigenvalue weighted by Crippen LogP contribution is -2.16. The van der Waals surface area contributed by atoms with Crippen LogP contribution >= 0.6 is 0 Å². The Labute approximate surface area is 103 Å². The summed E-state index contributed by atoms with van der Waals surface area (Å²) in [5.74, 6) is 0.178. The van der Waals surface area contributed by atoms with E-state index in [2.05, 4.69) is 11.6 Å². The first kappa shape index (κ1) is 13.8. The highest BCUT2D eigenvalue weighted by Gasteiger charge is 2.09. The molecule has 3 N–H and O–H groups in total. The quantitative estimate of drug-likeness (QED) is 0.582. The van der Waals surface area contributed by atoms with Crippen molar-refractivity contribution in [3.63, 3.8) is 0 Å². The molecule has 0 amide bonds. The molecule has 0 bridgehead atoms. The number of rotatable bonds is 7. The molecule has 0 aliphatic carbocycles. The highest BCUT2D eigenvalue weighted by molar-refractivity contribution is 7.92. The standard InChI is InChI=1S/C12H20N2O2S/c1-2-3-4-5-10-17(15,16)14-12-8-6-11(13)7-9-12/h6-9,14H,2-5,10,13H2,1H3. The van der Waals surface area contributed by atoms with Gasteiger partial charge in [-0.15, -0.1) is 0 Å². The average molecular weight is 256 g/mol. The number of anilines is 2. The summed E-state index contributed by atoms with van der Waals surface area (Å²) in [7, 11) is -3.22. The largest absolute Gasteiger partial charge is 0.399 e. The van der Waals surface area contributed by atoms with E-state index >= 15 is 0 Å². The van der Waals surface area contributed by atoms with Gasteiger partial charge >= 0.3 is 0 Å². The molecular weight excluding hydrogens is 236 g/mol. The molecule has 0 unspecified atom stereocenters. The van der Waals surface area contributed by atoms with E-state index in [1.807, 2.05) is 0 Å². The lowest BCUT2D eigenvalue weighted by molar-refractivity contribution is 0.594. The van der Waals surface area contributed by atoms with Crippen LogP contribution in [0.4, 0.5) is 11.4 Å². The van der Waals surface area contributed by atoms with E-state index in [9.17, 15) is 8.42 Å². The van der Waals surface area contributed by atoms with Crippen LogP contribution in [0, 0.1) is 0 Å². The second-order valence-electron chi connectivity index (χ2n) is 4.10. The lowest BCUT2D eigenvalue weighted by atomic mass is 10.2. The highest BCUT2D eigenvalue weighted by Crippen LogP contribution is 2.13. The topological polar surface area (TPSA) is 72.2 Å². The van der Waals surface area contributed by atoms with Crippen molar-refractivity contribution in [1.29, 1.82) is 0 Å². The van der Waals surface area contributed by atoms with E-state index in [-0.39, 0.29) is 5.75 Å². The van der Waals surface area contributed by atoms with E-state index in [0.29, 0.717) is 17.8 Å². The zero-order chi connectivity index (χ0) is 12.7. The van der Waals surface area contributed by atoms with Crippen molar-refractivity contribution < 1.29 is 8.42 Å². The molecule has 0 aliphatic heterocycles. The summed E-state index contributed by atoms with van der Waals surface area (Å²) in [5, 5.41) is 0. The fraction of sp³-hybridized carbons (Fsp3) is 0.500. The third-order valence-electron chi connectivity index (χ3n) is 2.45. The molecule has 1 aromatic rings. The first-order valence-electron chi connectivity index (χ1n) is 5.89. The van der Waals surface area contributed by atoms with Crippen molar-refractivity contribution >= 4 is 21.4 Å². The number of hydrogen-bond donors (Lipinski definition) is 2. The lowest BCUT2D eigenvalue weighted by Gasteiger charge is -2.07. The van der Waals surface area contributed by atoms with Crippen LogP contribution in [-0.4, -0.2) is 14.2 Å². The van der Waals surface area contributed by atoms with Crippen LogP contribution in [0.1, 0.15) is 32.6 Å². The van der Waals surface area contributed by atoms with Gasteiger partial charge in [-0.25, -0.2) is 8.42 Å². The maximum absolute atomic E-state index is 11.7. The zero-order valence-corrected chi connectivity index (χ0v) is 11.0. The highest BCUT2D eigenvalue weighted by atomic mass is 32.2. The number of sulfonamides is 1. The molecule has 96 valence electrons. The first-order chi connectivity index (χ1) is 8.03. The van der Waals surface area contributed by atoms with E-state index < -0.39 is 10.0 Å². The van der Waals surface area contributed by atoms with Crippen molar-refractivity contribution in [1.82, 2.24) is 0 Å². The third kappa shape index (κ3) is 5.58. The number of nitrogens with one attached hydrogen (secondary N) is 1. The Morgan fingerprint density at radius 2 is 1.76 bits per heavy atom. The van der Waals surface area contributed by atoms with Gasteiger partial charge < -0.3 is 5.73 Å². The molecular formula is C12H20N2O2S. The number of hydrogen-bond acceptors (Lipinski definition) is 3. The normalized spacial score (nSPS) is 11.4. The molecule has 0 saturated heterocycles. The van der Waals surface area contributed by atoms with Gasteiger partial charge in [-0.3, -0.25) is 4.72 Å². The molecule has 0 heterocycles.